The number of pyridine rings is 1. The van der Waals surface area contributed by atoms with Crippen molar-refractivity contribution < 1.29 is 18.0 Å². The first-order chi connectivity index (χ1) is 9.88. The number of benzene rings is 1. The molecule has 0 aliphatic rings. The maximum atomic E-state index is 13.6. The molecule has 0 bridgehead atoms. The summed E-state index contributed by atoms with van der Waals surface area (Å²) in [5.41, 5.74) is 0.686. The minimum atomic E-state index is -0.976. The molecular formula is C16H14F3NO. The number of aromatic nitrogens is 1. The van der Waals surface area contributed by atoms with Gasteiger partial charge in [0.2, 0.25) is 0 Å². The van der Waals surface area contributed by atoms with E-state index >= 15 is 0 Å². The van der Waals surface area contributed by atoms with Gasteiger partial charge in [0.15, 0.2) is 17.4 Å². The van der Waals surface area contributed by atoms with E-state index in [1.807, 2.05) is 0 Å². The number of halogens is 3. The summed E-state index contributed by atoms with van der Waals surface area (Å²) < 4.78 is 39.9. The molecule has 2 aromatic rings. The summed E-state index contributed by atoms with van der Waals surface area (Å²) in [4.78, 5) is 15.7. The highest BCUT2D eigenvalue weighted by molar-refractivity contribution is 5.95. The van der Waals surface area contributed by atoms with Crippen LogP contribution in [0.1, 0.15) is 41.4 Å². The molecular weight excluding hydrogens is 279 g/mol. The van der Waals surface area contributed by atoms with Gasteiger partial charge in [-0.05, 0) is 35.2 Å². The summed E-state index contributed by atoms with van der Waals surface area (Å²) in [7, 11) is 0. The third-order valence-electron chi connectivity index (χ3n) is 3.12. The maximum absolute atomic E-state index is 13.6. The van der Waals surface area contributed by atoms with E-state index in [4.69, 9.17) is 0 Å². The molecule has 0 radical (unpaired) electrons. The van der Waals surface area contributed by atoms with Crippen molar-refractivity contribution in [1.29, 1.82) is 0 Å². The molecule has 0 amide bonds. The molecule has 0 N–H and O–H groups in total. The van der Waals surface area contributed by atoms with Crippen molar-refractivity contribution in [2.24, 2.45) is 0 Å². The van der Waals surface area contributed by atoms with E-state index in [0.717, 1.165) is 18.3 Å². The van der Waals surface area contributed by atoms with Crippen LogP contribution in [0.4, 0.5) is 13.2 Å². The molecule has 0 aliphatic heterocycles. The lowest BCUT2D eigenvalue weighted by Crippen LogP contribution is -2.08. The zero-order valence-corrected chi connectivity index (χ0v) is 11.7. The number of Topliss-reactive ketones (excluding diaryl/α,β-unsaturated/α-hetero) is 1. The molecule has 0 aliphatic carbocycles. The van der Waals surface area contributed by atoms with Crippen molar-refractivity contribution in [2.45, 2.75) is 26.2 Å². The Morgan fingerprint density at radius 2 is 1.90 bits per heavy atom. The van der Waals surface area contributed by atoms with Crippen LogP contribution in [-0.4, -0.2) is 10.8 Å². The van der Waals surface area contributed by atoms with Crippen LogP contribution in [-0.2, 0) is 6.42 Å². The number of nitrogens with zero attached hydrogens (tertiary/aromatic N) is 1. The van der Waals surface area contributed by atoms with E-state index in [2.05, 4.69) is 4.98 Å². The van der Waals surface area contributed by atoms with Gasteiger partial charge in [-0.3, -0.25) is 9.78 Å². The molecule has 110 valence electrons. The second kappa shape index (κ2) is 6.08. The third kappa shape index (κ3) is 3.48. The van der Waals surface area contributed by atoms with Gasteiger partial charge in [0.25, 0.3) is 0 Å². The average Bonchev–Trinajstić information content (AvgIpc) is 2.43. The second-order valence-electron chi connectivity index (χ2n) is 5.10. The molecule has 0 spiro atoms. The quantitative estimate of drug-likeness (QED) is 0.796. The molecule has 5 heteroatoms. The minimum Gasteiger partial charge on any atom is -0.292 e. The number of ketones is 1. The van der Waals surface area contributed by atoms with Crippen molar-refractivity contribution >= 4 is 5.78 Å². The highest BCUT2D eigenvalue weighted by Crippen LogP contribution is 2.23. The third-order valence-corrected chi connectivity index (χ3v) is 3.12. The van der Waals surface area contributed by atoms with E-state index in [1.54, 1.807) is 13.8 Å². The van der Waals surface area contributed by atoms with Gasteiger partial charge < -0.3 is 0 Å². The highest BCUT2D eigenvalue weighted by atomic mass is 19.2. The van der Waals surface area contributed by atoms with Crippen LogP contribution >= 0.6 is 0 Å². The van der Waals surface area contributed by atoms with Crippen molar-refractivity contribution in [3.8, 4) is 0 Å². The highest BCUT2D eigenvalue weighted by Gasteiger charge is 2.16. The molecule has 2 rings (SSSR count). The first-order valence-electron chi connectivity index (χ1n) is 6.51. The molecule has 21 heavy (non-hydrogen) atoms. The van der Waals surface area contributed by atoms with Crippen LogP contribution in [0.25, 0.3) is 0 Å². The number of rotatable bonds is 4. The van der Waals surface area contributed by atoms with Gasteiger partial charge in [0.1, 0.15) is 11.5 Å². The second-order valence-corrected chi connectivity index (χ2v) is 5.10. The molecule has 0 unspecified atom stereocenters. The minimum absolute atomic E-state index is 0.0900. The largest absolute Gasteiger partial charge is 0.292 e. The van der Waals surface area contributed by atoms with Crippen molar-refractivity contribution in [1.82, 2.24) is 4.98 Å². The van der Waals surface area contributed by atoms with Crippen molar-refractivity contribution in [3.05, 3.63) is 64.7 Å². The smallest absolute Gasteiger partial charge is 0.185 e. The Bertz CT molecular complexity index is 666. The molecule has 0 fully saturated rings. The lowest BCUT2D eigenvalue weighted by Gasteiger charge is -2.10. The van der Waals surface area contributed by atoms with Crippen molar-refractivity contribution in [3.63, 3.8) is 0 Å². The Hall–Kier alpha value is -2.17. The topological polar surface area (TPSA) is 30.0 Å². The van der Waals surface area contributed by atoms with Gasteiger partial charge >= 0.3 is 0 Å². The molecule has 1 heterocycles. The molecule has 1 aromatic carbocycles. The number of hydrogen-bond acceptors (Lipinski definition) is 2. The summed E-state index contributed by atoms with van der Waals surface area (Å²) in [6.07, 6.45) is 0.827. The van der Waals surface area contributed by atoms with E-state index in [0.29, 0.717) is 5.56 Å². The predicted octanol–water partition coefficient (Wildman–Crippen LogP) is 4.05. The van der Waals surface area contributed by atoms with E-state index in [1.165, 1.54) is 12.1 Å². The Balaban J connectivity index is 2.27. The Labute approximate surface area is 120 Å². The molecule has 0 atom stereocenters. The predicted molar refractivity (Wildman–Crippen MR) is 72.7 cm³/mol. The Kier molecular flexibility index (Phi) is 4.40. The van der Waals surface area contributed by atoms with Crippen LogP contribution in [0.15, 0.2) is 30.5 Å². The fraction of sp³-hybridized carbons (Fsp3) is 0.250. The summed E-state index contributed by atoms with van der Waals surface area (Å²) in [5, 5.41) is 0. The molecule has 2 nitrogen and oxygen atoms in total. The van der Waals surface area contributed by atoms with Crippen LogP contribution in [0, 0.1) is 17.5 Å². The Morgan fingerprint density at radius 3 is 2.48 bits per heavy atom. The summed E-state index contributed by atoms with van der Waals surface area (Å²) >= 11 is 0. The first kappa shape index (κ1) is 15.2. The number of carbonyl (C=O) groups is 1. The van der Waals surface area contributed by atoms with Crippen LogP contribution in [0.3, 0.4) is 0 Å². The standard InChI is InChI=1S/C16H14F3NO/c1-9(2)12-5-10(6-13(18)16(12)19)7-15(21)14-4-3-11(17)8-20-14/h3-6,8-9H,7H2,1-2H3. The zero-order valence-electron chi connectivity index (χ0n) is 11.7. The zero-order chi connectivity index (χ0) is 15.6. The SMILES string of the molecule is CC(C)c1cc(CC(=O)c2ccc(F)cn2)cc(F)c1F. The summed E-state index contributed by atoms with van der Waals surface area (Å²) in [6.45, 7) is 3.48. The fourth-order valence-electron chi connectivity index (χ4n) is 2.01. The van der Waals surface area contributed by atoms with Gasteiger partial charge in [-0.2, -0.15) is 0 Å². The number of carbonyl (C=O) groups excluding carboxylic acids is 1. The van der Waals surface area contributed by atoms with E-state index in [-0.39, 0.29) is 29.4 Å². The maximum Gasteiger partial charge on any atom is 0.185 e. The summed E-state index contributed by atoms with van der Waals surface area (Å²) in [5.74, 6) is -2.98. The van der Waals surface area contributed by atoms with E-state index < -0.39 is 17.5 Å². The summed E-state index contributed by atoms with van der Waals surface area (Å²) in [6, 6.07) is 4.87. The van der Waals surface area contributed by atoms with Gasteiger partial charge in [0.05, 0.1) is 6.20 Å². The van der Waals surface area contributed by atoms with Gasteiger partial charge in [0, 0.05) is 6.42 Å². The van der Waals surface area contributed by atoms with Gasteiger partial charge in [-0.15, -0.1) is 0 Å². The Morgan fingerprint density at radius 1 is 1.19 bits per heavy atom. The molecule has 1 aromatic heterocycles. The number of hydrogen-bond donors (Lipinski definition) is 0. The molecule has 0 saturated heterocycles. The van der Waals surface area contributed by atoms with Crippen molar-refractivity contribution in [2.75, 3.05) is 0 Å². The van der Waals surface area contributed by atoms with Crippen LogP contribution < -0.4 is 0 Å². The van der Waals surface area contributed by atoms with Gasteiger partial charge in [-0.1, -0.05) is 19.9 Å². The van der Waals surface area contributed by atoms with Crippen LogP contribution in [0.2, 0.25) is 0 Å². The molecule has 0 saturated carbocycles. The first-order valence-corrected chi connectivity index (χ1v) is 6.51. The lowest BCUT2D eigenvalue weighted by molar-refractivity contribution is 0.0988. The van der Waals surface area contributed by atoms with Crippen LogP contribution in [0.5, 0.6) is 0 Å². The monoisotopic (exact) mass is 293 g/mol. The van der Waals surface area contributed by atoms with E-state index in [9.17, 15) is 18.0 Å². The van der Waals surface area contributed by atoms with Gasteiger partial charge in [-0.25, -0.2) is 13.2 Å². The fourth-order valence-corrected chi connectivity index (χ4v) is 2.01. The lowest BCUT2D eigenvalue weighted by atomic mass is 9.97. The normalized spacial score (nSPS) is 11.0. The average molecular weight is 293 g/mol.